The van der Waals surface area contributed by atoms with Gasteiger partial charge in [-0.05, 0) is 54.1 Å². The molecule has 30 heavy (non-hydrogen) atoms. The van der Waals surface area contributed by atoms with Crippen LogP contribution >= 0.6 is 0 Å². The zero-order valence-electron chi connectivity index (χ0n) is 16.0. The average molecular weight is 407 g/mol. The van der Waals surface area contributed by atoms with E-state index < -0.39 is 23.5 Å². The molecule has 2 heterocycles. The second-order valence-electron chi connectivity index (χ2n) is 6.79. The third-order valence-corrected chi connectivity index (χ3v) is 5.00. The van der Waals surface area contributed by atoms with E-state index in [1.54, 1.807) is 36.4 Å². The van der Waals surface area contributed by atoms with Crippen LogP contribution in [-0.2, 0) is 16.1 Å². The van der Waals surface area contributed by atoms with Gasteiger partial charge in [-0.3, -0.25) is 9.59 Å². The van der Waals surface area contributed by atoms with Crippen LogP contribution in [0.3, 0.4) is 0 Å². The Bertz CT molecular complexity index is 1100. The Labute approximate surface area is 171 Å². The molecule has 0 aliphatic carbocycles. The van der Waals surface area contributed by atoms with Crippen molar-refractivity contribution in [3.05, 3.63) is 95.2 Å². The Morgan fingerprint density at radius 2 is 1.80 bits per heavy atom. The van der Waals surface area contributed by atoms with Crippen molar-refractivity contribution < 1.29 is 28.2 Å². The Morgan fingerprint density at radius 3 is 2.40 bits per heavy atom. The highest BCUT2D eigenvalue weighted by Gasteiger charge is 2.46. The second kappa shape index (κ2) is 7.87. The van der Waals surface area contributed by atoms with Gasteiger partial charge in [0.2, 0.25) is 0 Å². The number of aliphatic hydroxyl groups excluding tert-OH is 1. The lowest BCUT2D eigenvalue weighted by molar-refractivity contribution is -0.140. The zero-order valence-corrected chi connectivity index (χ0v) is 16.0. The first-order valence-corrected chi connectivity index (χ1v) is 9.20. The summed E-state index contributed by atoms with van der Waals surface area (Å²) in [6.45, 7) is 0.0268. The van der Waals surface area contributed by atoms with E-state index in [4.69, 9.17) is 9.15 Å². The maximum atomic E-state index is 13.5. The lowest BCUT2D eigenvalue weighted by Gasteiger charge is -2.24. The smallest absolute Gasteiger partial charge is 0.296 e. The molecule has 1 atom stereocenters. The van der Waals surface area contributed by atoms with Crippen LogP contribution in [0.4, 0.5) is 4.39 Å². The van der Waals surface area contributed by atoms with Crippen LogP contribution in [0.1, 0.15) is 22.9 Å². The van der Waals surface area contributed by atoms with E-state index in [0.717, 1.165) is 0 Å². The van der Waals surface area contributed by atoms with E-state index in [-0.39, 0.29) is 17.9 Å². The van der Waals surface area contributed by atoms with Crippen molar-refractivity contribution in [3.63, 3.8) is 0 Å². The number of carbonyl (C=O) groups is 2. The number of aliphatic hydroxyl groups is 1. The molecule has 1 aliphatic heterocycles. The van der Waals surface area contributed by atoms with Crippen molar-refractivity contribution in [2.75, 3.05) is 7.11 Å². The molecule has 0 radical (unpaired) electrons. The van der Waals surface area contributed by atoms with E-state index in [0.29, 0.717) is 22.6 Å². The van der Waals surface area contributed by atoms with Crippen molar-refractivity contribution in [2.24, 2.45) is 0 Å². The zero-order chi connectivity index (χ0) is 21.3. The Balaban J connectivity index is 1.84. The quantitative estimate of drug-likeness (QED) is 0.392. The molecule has 0 bridgehead atoms. The summed E-state index contributed by atoms with van der Waals surface area (Å²) in [4.78, 5) is 27.0. The number of halogens is 1. The van der Waals surface area contributed by atoms with Gasteiger partial charge in [0, 0.05) is 5.56 Å². The number of nitrogens with zero attached hydrogens (tertiary/aromatic N) is 1. The second-order valence-corrected chi connectivity index (χ2v) is 6.79. The van der Waals surface area contributed by atoms with Crippen molar-refractivity contribution in [3.8, 4) is 5.75 Å². The normalized spacial score (nSPS) is 18.1. The first-order chi connectivity index (χ1) is 14.5. The highest BCUT2D eigenvalue weighted by Crippen LogP contribution is 2.40. The number of rotatable bonds is 5. The highest BCUT2D eigenvalue weighted by molar-refractivity contribution is 6.46. The van der Waals surface area contributed by atoms with Gasteiger partial charge in [0.05, 0.1) is 31.5 Å². The maximum Gasteiger partial charge on any atom is 0.296 e. The monoisotopic (exact) mass is 407 g/mol. The Kier molecular flexibility index (Phi) is 5.10. The fraction of sp³-hybridized carbons (Fsp3) is 0.130. The third-order valence-electron chi connectivity index (χ3n) is 5.00. The Hall–Kier alpha value is -3.87. The van der Waals surface area contributed by atoms with Crippen molar-refractivity contribution in [1.29, 1.82) is 0 Å². The number of methoxy groups -OCH3 is 1. The lowest BCUT2D eigenvalue weighted by Crippen LogP contribution is -2.29. The summed E-state index contributed by atoms with van der Waals surface area (Å²) in [5.41, 5.74) is 0.791. The van der Waals surface area contributed by atoms with Crippen LogP contribution in [0.25, 0.3) is 5.76 Å². The summed E-state index contributed by atoms with van der Waals surface area (Å²) in [5, 5.41) is 10.9. The van der Waals surface area contributed by atoms with Crippen LogP contribution in [0, 0.1) is 5.82 Å². The van der Waals surface area contributed by atoms with Gasteiger partial charge < -0.3 is 19.2 Å². The third kappa shape index (κ3) is 3.45. The molecule has 1 N–H and O–H groups in total. The van der Waals surface area contributed by atoms with E-state index >= 15 is 0 Å². The lowest BCUT2D eigenvalue weighted by atomic mass is 9.95. The minimum atomic E-state index is -0.891. The fourth-order valence-corrected chi connectivity index (χ4v) is 3.51. The van der Waals surface area contributed by atoms with Gasteiger partial charge in [-0.2, -0.15) is 0 Å². The van der Waals surface area contributed by atoms with Gasteiger partial charge in [-0.15, -0.1) is 0 Å². The average Bonchev–Trinajstić information content (AvgIpc) is 3.36. The topological polar surface area (TPSA) is 80.0 Å². The predicted octanol–water partition coefficient (Wildman–Crippen LogP) is 4.05. The number of benzene rings is 2. The molecule has 3 aromatic rings. The van der Waals surface area contributed by atoms with Crippen LogP contribution in [0.2, 0.25) is 0 Å². The molecule has 6 nitrogen and oxygen atoms in total. The van der Waals surface area contributed by atoms with Crippen LogP contribution in [0.15, 0.2) is 76.9 Å². The number of Topliss-reactive ketones (excluding diaryl/α,β-unsaturated/α-hetero) is 1. The highest BCUT2D eigenvalue weighted by atomic mass is 19.1. The number of hydrogen-bond acceptors (Lipinski definition) is 5. The molecule has 7 heteroatoms. The summed E-state index contributed by atoms with van der Waals surface area (Å²) in [6, 6.07) is 14.4. The van der Waals surface area contributed by atoms with E-state index in [2.05, 4.69) is 0 Å². The van der Waals surface area contributed by atoms with E-state index in [1.807, 2.05) is 0 Å². The molecule has 2 aromatic carbocycles. The molecule has 0 saturated carbocycles. The summed E-state index contributed by atoms with van der Waals surface area (Å²) in [5.74, 6) is -1.28. The maximum absolute atomic E-state index is 13.5. The molecule has 1 saturated heterocycles. The van der Waals surface area contributed by atoms with Gasteiger partial charge in [0.1, 0.15) is 23.1 Å². The minimum Gasteiger partial charge on any atom is -0.507 e. The summed E-state index contributed by atoms with van der Waals surface area (Å²) < 4.78 is 23.9. The van der Waals surface area contributed by atoms with Gasteiger partial charge in [0.25, 0.3) is 11.7 Å². The standard InChI is InChI=1S/C23H18FNO5/c1-29-17-10-6-15(7-11-17)21(26)19-20(14-4-8-16(24)9-5-14)25(23(28)22(19)27)13-18-3-2-12-30-18/h2-12,20,26H,13H2,1H3/b21-19+. The molecule has 4 rings (SSSR count). The van der Waals surface area contributed by atoms with Gasteiger partial charge in [0.15, 0.2) is 0 Å². The molecule has 1 amide bonds. The molecule has 1 unspecified atom stereocenters. The van der Waals surface area contributed by atoms with E-state index in [1.165, 1.54) is 42.5 Å². The molecule has 1 aromatic heterocycles. The summed E-state index contributed by atoms with van der Waals surface area (Å²) in [7, 11) is 1.52. The van der Waals surface area contributed by atoms with Gasteiger partial charge in [-0.1, -0.05) is 12.1 Å². The summed E-state index contributed by atoms with van der Waals surface area (Å²) in [6.07, 6.45) is 1.47. The van der Waals surface area contributed by atoms with Crippen molar-refractivity contribution in [1.82, 2.24) is 4.90 Å². The molecular weight excluding hydrogens is 389 g/mol. The molecule has 152 valence electrons. The number of likely N-dealkylation sites (tertiary alicyclic amines) is 1. The van der Waals surface area contributed by atoms with Crippen LogP contribution in [-0.4, -0.2) is 28.8 Å². The van der Waals surface area contributed by atoms with Crippen LogP contribution in [0.5, 0.6) is 5.75 Å². The Morgan fingerprint density at radius 1 is 1.10 bits per heavy atom. The number of amides is 1. The fourth-order valence-electron chi connectivity index (χ4n) is 3.51. The molecular formula is C23H18FNO5. The number of ether oxygens (including phenoxy) is 1. The van der Waals surface area contributed by atoms with Gasteiger partial charge in [-0.25, -0.2) is 4.39 Å². The number of furan rings is 1. The van der Waals surface area contributed by atoms with Gasteiger partial charge >= 0.3 is 0 Å². The first kappa shape index (κ1) is 19.4. The number of ketones is 1. The van der Waals surface area contributed by atoms with Crippen molar-refractivity contribution >= 4 is 17.4 Å². The molecule has 1 aliphatic rings. The SMILES string of the molecule is COc1ccc(/C(O)=C2\C(=O)C(=O)N(Cc3ccco3)C2c2ccc(F)cc2)cc1. The minimum absolute atomic E-state index is 0.0268. The predicted molar refractivity (Wildman–Crippen MR) is 106 cm³/mol. The number of hydrogen-bond donors (Lipinski definition) is 1. The van der Waals surface area contributed by atoms with E-state index in [9.17, 15) is 19.1 Å². The summed E-state index contributed by atoms with van der Waals surface area (Å²) >= 11 is 0. The van der Waals surface area contributed by atoms with Crippen molar-refractivity contribution in [2.45, 2.75) is 12.6 Å². The largest absolute Gasteiger partial charge is 0.507 e. The van der Waals surface area contributed by atoms with Crippen LogP contribution < -0.4 is 4.74 Å². The molecule has 1 fully saturated rings. The number of carbonyl (C=O) groups excluding carboxylic acids is 2. The molecule has 0 spiro atoms. The first-order valence-electron chi connectivity index (χ1n) is 9.20.